The van der Waals surface area contributed by atoms with Gasteiger partial charge in [0.15, 0.2) is 0 Å². The third-order valence-electron chi connectivity index (χ3n) is 7.85. The number of ether oxygens (including phenoxy) is 2. The molecule has 10 heteroatoms. The van der Waals surface area contributed by atoms with Gasteiger partial charge in [0, 0.05) is 24.7 Å². The first-order valence-electron chi connectivity index (χ1n) is 14.6. The minimum atomic E-state index is -0.513. The maximum absolute atomic E-state index is 15.7. The Kier molecular flexibility index (Phi) is 8.57. The number of aromatic nitrogens is 4. The second-order valence-electron chi connectivity index (χ2n) is 10.7. The monoisotopic (exact) mass is 617 g/mol. The topological polar surface area (TPSA) is 95.0 Å². The number of hydrogen-bond acceptors (Lipinski definition) is 6. The SMILES string of the molecule is CCn1cncc1Cn1c(Cc2ccc(-c3cccc(OCc4ccc(C#N)cc4F)c3)cc2F)nc2ccc(C(=O)OC)cc21. The average molecular weight is 618 g/mol. The van der Waals surface area contributed by atoms with Crippen molar-refractivity contribution in [3.05, 3.63) is 137 Å². The van der Waals surface area contributed by atoms with Crippen molar-refractivity contribution in [2.45, 2.75) is 33.0 Å². The molecule has 4 aromatic carbocycles. The summed E-state index contributed by atoms with van der Waals surface area (Å²) in [6.45, 7) is 3.18. The van der Waals surface area contributed by atoms with Crippen molar-refractivity contribution < 1.29 is 23.0 Å². The van der Waals surface area contributed by atoms with Gasteiger partial charge in [-0.25, -0.2) is 23.5 Å². The minimum absolute atomic E-state index is 0.0184. The number of carbonyl (C=O) groups is 1. The summed E-state index contributed by atoms with van der Waals surface area (Å²) in [4.78, 5) is 21.4. The fraction of sp³-hybridized carbons (Fsp3) is 0.167. The van der Waals surface area contributed by atoms with E-state index in [4.69, 9.17) is 19.7 Å². The Morgan fingerprint density at radius 1 is 0.957 bits per heavy atom. The molecule has 0 aliphatic carbocycles. The summed E-state index contributed by atoms with van der Waals surface area (Å²) in [7, 11) is 1.34. The van der Waals surface area contributed by atoms with Gasteiger partial charge in [-0.05, 0) is 72.1 Å². The van der Waals surface area contributed by atoms with Gasteiger partial charge in [-0.15, -0.1) is 0 Å². The highest BCUT2D eigenvalue weighted by atomic mass is 19.1. The fourth-order valence-electron chi connectivity index (χ4n) is 5.36. The quantitative estimate of drug-likeness (QED) is 0.153. The van der Waals surface area contributed by atoms with Gasteiger partial charge in [0.2, 0.25) is 0 Å². The Labute approximate surface area is 264 Å². The normalized spacial score (nSPS) is 11.0. The Morgan fingerprint density at radius 2 is 1.76 bits per heavy atom. The zero-order valence-electron chi connectivity index (χ0n) is 25.2. The molecule has 6 rings (SSSR count). The molecule has 0 amide bonds. The molecule has 0 radical (unpaired) electrons. The van der Waals surface area contributed by atoms with Crippen molar-refractivity contribution in [2.75, 3.05) is 7.11 Å². The zero-order valence-corrected chi connectivity index (χ0v) is 25.2. The van der Waals surface area contributed by atoms with Crippen LogP contribution in [0.4, 0.5) is 8.78 Å². The molecule has 0 atom stereocenters. The molecular formula is C36H29F2N5O3. The number of benzene rings is 4. The fourth-order valence-corrected chi connectivity index (χ4v) is 5.36. The highest BCUT2D eigenvalue weighted by Crippen LogP contribution is 2.28. The van der Waals surface area contributed by atoms with Crippen molar-refractivity contribution in [2.24, 2.45) is 0 Å². The summed E-state index contributed by atoms with van der Waals surface area (Å²) >= 11 is 0. The summed E-state index contributed by atoms with van der Waals surface area (Å²) in [5.74, 6) is -0.223. The van der Waals surface area contributed by atoms with E-state index in [0.717, 1.165) is 23.3 Å². The van der Waals surface area contributed by atoms with E-state index < -0.39 is 17.6 Å². The van der Waals surface area contributed by atoms with Crippen LogP contribution in [-0.4, -0.2) is 32.2 Å². The minimum Gasteiger partial charge on any atom is -0.489 e. The Morgan fingerprint density at radius 3 is 2.52 bits per heavy atom. The van der Waals surface area contributed by atoms with Gasteiger partial charge < -0.3 is 18.6 Å². The van der Waals surface area contributed by atoms with Gasteiger partial charge in [0.1, 0.15) is 29.8 Å². The lowest BCUT2D eigenvalue weighted by Gasteiger charge is -2.13. The number of aryl methyl sites for hydroxylation is 1. The molecule has 0 spiro atoms. The molecule has 46 heavy (non-hydrogen) atoms. The number of rotatable bonds is 10. The molecule has 0 aliphatic rings. The van der Waals surface area contributed by atoms with E-state index in [0.29, 0.717) is 45.9 Å². The summed E-state index contributed by atoms with van der Waals surface area (Å²) < 4.78 is 44.7. The molecule has 0 saturated heterocycles. The number of fused-ring (bicyclic) bond motifs is 1. The second-order valence-corrected chi connectivity index (χ2v) is 10.7. The molecular weight excluding hydrogens is 588 g/mol. The van der Waals surface area contributed by atoms with Gasteiger partial charge in [0.25, 0.3) is 0 Å². The lowest BCUT2D eigenvalue weighted by Crippen LogP contribution is -2.10. The smallest absolute Gasteiger partial charge is 0.337 e. The van der Waals surface area contributed by atoms with Crippen LogP contribution in [0.1, 0.15) is 45.5 Å². The molecule has 0 unspecified atom stereocenters. The van der Waals surface area contributed by atoms with Crippen molar-refractivity contribution in [3.8, 4) is 22.9 Å². The summed E-state index contributed by atoms with van der Waals surface area (Å²) in [6.07, 6.45) is 3.77. The summed E-state index contributed by atoms with van der Waals surface area (Å²) in [5.41, 5.74) is 5.17. The highest BCUT2D eigenvalue weighted by molar-refractivity contribution is 5.93. The number of imidazole rings is 2. The van der Waals surface area contributed by atoms with E-state index in [-0.39, 0.29) is 18.6 Å². The summed E-state index contributed by atoms with van der Waals surface area (Å²) in [6, 6.07) is 23.5. The van der Waals surface area contributed by atoms with Gasteiger partial charge in [-0.1, -0.05) is 30.3 Å². The number of methoxy groups -OCH3 is 1. The van der Waals surface area contributed by atoms with Gasteiger partial charge in [-0.3, -0.25) is 0 Å². The largest absolute Gasteiger partial charge is 0.489 e. The Balaban J connectivity index is 1.27. The number of nitrogens with zero attached hydrogens (tertiary/aromatic N) is 5. The van der Waals surface area contributed by atoms with E-state index >= 15 is 4.39 Å². The first-order chi connectivity index (χ1) is 22.4. The van der Waals surface area contributed by atoms with Crippen LogP contribution in [0.25, 0.3) is 22.2 Å². The van der Waals surface area contributed by atoms with Crippen molar-refractivity contribution >= 4 is 17.0 Å². The predicted molar refractivity (Wildman–Crippen MR) is 168 cm³/mol. The zero-order chi connectivity index (χ0) is 32.2. The maximum Gasteiger partial charge on any atom is 0.337 e. The average Bonchev–Trinajstić information content (AvgIpc) is 3.68. The molecule has 0 aliphatic heterocycles. The maximum atomic E-state index is 15.7. The van der Waals surface area contributed by atoms with Crippen molar-refractivity contribution in [1.29, 1.82) is 5.26 Å². The molecule has 0 N–H and O–H groups in total. The van der Waals surface area contributed by atoms with Crippen LogP contribution < -0.4 is 4.74 Å². The van der Waals surface area contributed by atoms with Crippen LogP contribution in [-0.2, 0) is 30.9 Å². The van der Waals surface area contributed by atoms with E-state index in [9.17, 15) is 9.18 Å². The van der Waals surface area contributed by atoms with Crippen LogP contribution >= 0.6 is 0 Å². The number of nitriles is 1. The number of hydrogen-bond donors (Lipinski definition) is 0. The number of esters is 1. The lowest BCUT2D eigenvalue weighted by molar-refractivity contribution is 0.0601. The van der Waals surface area contributed by atoms with Gasteiger partial charge in [0.05, 0.1) is 53.9 Å². The van der Waals surface area contributed by atoms with E-state index in [2.05, 4.69) is 4.98 Å². The van der Waals surface area contributed by atoms with Crippen molar-refractivity contribution in [1.82, 2.24) is 19.1 Å². The van der Waals surface area contributed by atoms with Gasteiger partial charge in [-0.2, -0.15) is 5.26 Å². The molecule has 2 aromatic heterocycles. The molecule has 0 fully saturated rings. The second kappa shape index (κ2) is 13.0. The van der Waals surface area contributed by atoms with E-state index in [1.807, 2.05) is 34.3 Å². The van der Waals surface area contributed by atoms with E-state index in [1.165, 1.54) is 31.4 Å². The van der Waals surface area contributed by atoms with E-state index in [1.54, 1.807) is 55.0 Å². The number of halogens is 2. The van der Waals surface area contributed by atoms with Gasteiger partial charge >= 0.3 is 5.97 Å². The first kappa shape index (κ1) is 30.2. The Hall–Kier alpha value is -5.82. The standard InChI is InChI=1S/C36H29F2N5O3/c1-3-42-22-40-19-29(42)20-43-34-16-27(36(44)45-2)11-12-33(34)41-35(43)17-26-10-9-25(15-32(26)38)24-5-4-6-30(14-24)46-21-28-8-7-23(18-39)13-31(28)37/h4-16,19,22H,3,17,20-21H2,1-2H3. The lowest BCUT2D eigenvalue weighted by atomic mass is 10.0. The first-order valence-corrected chi connectivity index (χ1v) is 14.6. The highest BCUT2D eigenvalue weighted by Gasteiger charge is 2.18. The van der Waals surface area contributed by atoms with Crippen molar-refractivity contribution in [3.63, 3.8) is 0 Å². The van der Waals surface area contributed by atoms with Crippen LogP contribution in [0, 0.1) is 23.0 Å². The Bertz CT molecular complexity index is 2110. The van der Waals surface area contributed by atoms with Crippen LogP contribution in [0.5, 0.6) is 5.75 Å². The summed E-state index contributed by atoms with van der Waals surface area (Å²) in [5, 5.41) is 8.95. The molecule has 8 nitrogen and oxygen atoms in total. The van der Waals surface area contributed by atoms with Crippen LogP contribution in [0.15, 0.2) is 91.4 Å². The number of carbonyl (C=O) groups excluding carboxylic acids is 1. The molecule has 0 bridgehead atoms. The third-order valence-corrected chi connectivity index (χ3v) is 7.85. The predicted octanol–water partition coefficient (Wildman–Crippen LogP) is 7.07. The molecule has 6 aromatic rings. The molecule has 2 heterocycles. The van der Waals surface area contributed by atoms with Crippen LogP contribution in [0.3, 0.4) is 0 Å². The van der Waals surface area contributed by atoms with Crippen LogP contribution in [0.2, 0.25) is 0 Å². The molecule has 230 valence electrons. The third kappa shape index (κ3) is 6.21. The molecule has 0 saturated carbocycles.